The molecule has 1 atom stereocenters. The number of carbonyl (C=O) groups is 3. The summed E-state index contributed by atoms with van der Waals surface area (Å²) < 4.78 is 16.7. The van der Waals surface area contributed by atoms with Gasteiger partial charge in [0.15, 0.2) is 6.10 Å². The van der Waals surface area contributed by atoms with Crippen LogP contribution < -0.4 is 0 Å². The van der Waals surface area contributed by atoms with Crippen LogP contribution in [0.4, 0.5) is 0 Å². The van der Waals surface area contributed by atoms with Crippen molar-refractivity contribution in [3.05, 3.63) is 48.6 Å². The van der Waals surface area contributed by atoms with Crippen molar-refractivity contribution in [3.63, 3.8) is 0 Å². The zero-order valence-electron chi connectivity index (χ0n) is 36.2. The Morgan fingerprint density at radius 2 is 0.673 bits per heavy atom. The first-order valence-electron chi connectivity index (χ1n) is 23.2. The van der Waals surface area contributed by atoms with Gasteiger partial charge in [0, 0.05) is 19.3 Å². The van der Waals surface area contributed by atoms with Gasteiger partial charge in [-0.15, -0.1) is 0 Å². The van der Waals surface area contributed by atoms with E-state index in [-0.39, 0.29) is 31.1 Å². The van der Waals surface area contributed by atoms with Gasteiger partial charge in [0.05, 0.1) is 0 Å². The maximum Gasteiger partial charge on any atom is 0.306 e. The van der Waals surface area contributed by atoms with Gasteiger partial charge in [-0.25, -0.2) is 0 Å². The molecule has 0 saturated heterocycles. The zero-order valence-corrected chi connectivity index (χ0v) is 36.2. The molecule has 0 aliphatic carbocycles. The Morgan fingerprint density at radius 1 is 0.364 bits per heavy atom. The van der Waals surface area contributed by atoms with E-state index in [1.165, 1.54) is 89.9 Å². The third-order valence-electron chi connectivity index (χ3n) is 9.80. The molecule has 0 fully saturated rings. The number of hydrogen-bond donors (Lipinski definition) is 0. The van der Waals surface area contributed by atoms with Crippen LogP contribution in [0.2, 0.25) is 0 Å². The van der Waals surface area contributed by atoms with Crippen LogP contribution in [0, 0.1) is 0 Å². The van der Waals surface area contributed by atoms with E-state index in [4.69, 9.17) is 14.2 Å². The highest BCUT2D eigenvalue weighted by molar-refractivity contribution is 5.71. The minimum atomic E-state index is -0.794. The van der Waals surface area contributed by atoms with Crippen molar-refractivity contribution in [3.8, 4) is 0 Å². The van der Waals surface area contributed by atoms with Gasteiger partial charge in [-0.05, 0) is 89.9 Å². The Bertz CT molecular complexity index is 980. The van der Waals surface area contributed by atoms with Crippen LogP contribution in [-0.2, 0) is 28.6 Å². The maximum atomic E-state index is 12.7. The zero-order chi connectivity index (χ0) is 40.1. The van der Waals surface area contributed by atoms with Gasteiger partial charge in [0.25, 0.3) is 0 Å². The van der Waals surface area contributed by atoms with E-state index < -0.39 is 6.10 Å². The molecule has 0 spiro atoms. The van der Waals surface area contributed by atoms with E-state index in [0.717, 1.165) is 96.3 Å². The number of esters is 3. The van der Waals surface area contributed by atoms with Crippen LogP contribution in [0.15, 0.2) is 48.6 Å². The molecule has 0 saturated carbocycles. The van der Waals surface area contributed by atoms with Crippen LogP contribution in [0.5, 0.6) is 0 Å². The minimum absolute atomic E-state index is 0.0956. The van der Waals surface area contributed by atoms with Gasteiger partial charge >= 0.3 is 17.9 Å². The van der Waals surface area contributed by atoms with E-state index in [1.807, 2.05) is 0 Å². The lowest BCUT2D eigenvalue weighted by atomic mass is 10.1. The average molecular weight is 771 g/mol. The highest BCUT2D eigenvalue weighted by Crippen LogP contribution is 2.12. The molecule has 0 radical (unpaired) electrons. The predicted octanol–water partition coefficient (Wildman–Crippen LogP) is 14.8. The Balaban J connectivity index is 4.46. The lowest BCUT2D eigenvalue weighted by molar-refractivity contribution is -0.167. The average Bonchev–Trinajstić information content (AvgIpc) is 3.18. The van der Waals surface area contributed by atoms with E-state index in [0.29, 0.717) is 19.3 Å². The van der Waals surface area contributed by atoms with Crippen LogP contribution in [0.25, 0.3) is 0 Å². The molecule has 0 aliphatic rings. The fourth-order valence-corrected chi connectivity index (χ4v) is 6.23. The molecule has 0 aliphatic heterocycles. The van der Waals surface area contributed by atoms with E-state index >= 15 is 0 Å². The van der Waals surface area contributed by atoms with Gasteiger partial charge in [-0.2, -0.15) is 0 Å². The van der Waals surface area contributed by atoms with Gasteiger partial charge in [-0.3, -0.25) is 14.4 Å². The minimum Gasteiger partial charge on any atom is -0.462 e. The normalized spacial score (nSPS) is 12.4. The first-order chi connectivity index (χ1) is 27.0. The van der Waals surface area contributed by atoms with Gasteiger partial charge in [-0.1, -0.05) is 166 Å². The Kier molecular flexibility index (Phi) is 42.0. The molecule has 0 N–H and O–H groups in total. The summed E-state index contributed by atoms with van der Waals surface area (Å²) in [5, 5.41) is 0. The first-order valence-corrected chi connectivity index (χ1v) is 23.2. The number of hydrogen-bond acceptors (Lipinski definition) is 6. The maximum absolute atomic E-state index is 12.7. The molecule has 55 heavy (non-hydrogen) atoms. The highest BCUT2D eigenvalue weighted by Gasteiger charge is 2.19. The molecule has 1 unspecified atom stereocenters. The molecule has 0 aromatic carbocycles. The van der Waals surface area contributed by atoms with Crippen molar-refractivity contribution >= 4 is 17.9 Å². The fourth-order valence-electron chi connectivity index (χ4n) is 6.23. The second-order valence-corrected chi connectivity index (χ2v) is 15.3. The Morgan fingerprint density at radius 3 is 1.07 bits per heavy atom. The van der Waals surface area contributed by atoms with Gasteiger partial charge in [0.1, 0.15) is 13.2 Å². The SMILES string of the molecule is CCCC/C=C\C=C/CCCCCC(=O)OCC(COC(=O)CCCCC/C=C\CCCCCCCC)OC(=O)CCCCC/C=C\CCCCCCCC. The van der Waals surface area contributed by atoms with E-state index in [2.05, 4.69) is 69.4 Å². The van der Waals surface area contributed by atoms with E-state index in [9.17, 15) is 14.4 Å². The molecular weight excluding hydrogens is 685 g/mol. The molecule has 318 valence electrons. The first kappa shape index (κ1) is 52.4. The number of carbonyl (C=O) groups excluding carboxylic acids is 3. The standard InChI is InChI=1S/C49H86O6/c1-4-7-10-13-16-19-22-24-27-30-33-36-39-42-48(51)54-45-46(44-53-47(50)41-38-35-32-29-26-21-18-15-12-9-6-3)55-49(52)43-40-37-34-31-28-25-23-20-17-14-11-8-5-2/h15,18,21,24-28,46H,4-14,16-17,19-20,22-23,29-45H2,1-3H3/b18-15-,26-21-,27-24-,28-25-. The van der Waals surface area contributed by atoms with E-state index in [1.54, 1.807) is 0 Å². The van der Waals surface area contributed by atoms with Crippen LogP contribution in [0.3, 0.4) is 0 Å². The summed E-state index contributed by atoms with van der Waals surface area (Å²) in [5.74, 6) is -0.957. The van der Waals surface area contributed by atoms with Gasteiger partial charge in [0.2, 0.25) is 0 Å². The summed E-state index contributed by atoms with van der Waals surface area (Å²) >= 11 is 0. The lowest BCUT2D eigenvalue weighted by Crippen LogP contribution is -2.30. The van der Waals surface area contributed by atoms with Crippen molar-refractivity contribution in [2.24, 2.45) is 0 Å². The van der Waals surface area contributed by atoms with Crippen molar-refractivity contribution in [1.29, 1.82) is 0 Å². The topological polar surface area (TPSA) is 78.9 Å². The lowest BCUT2D eigenvalue weighted by Gasteiger charge is -2.18. The second-order valence-electron chi connectivity index (χ2n) is 15.3. The van der Waals surface area contributed by atoms with Gasteiger partial charge < -0.3 is 14.2 Å². The number of unbranched alkanes of at least 4 members (excludes halogenated alkanes) is 23. The molecule has 0 aromatic heterocycles. The summed E-state index contributed by atoms with van der Waals surface area (Å²) in [6.07, 6.45) is 50.9. The largest absolute Gasteiger partial charge is 0.462 e. The van der Waals surface area contributed by atoms with Crippen molar-refractivity contribution in [1.82, 2.24) is 0 Å². The molecular formula is C49H86O6. The Hall–Kier alpha value is -2.63. The summed E-state index contributed by atoms with van der Waals surface area (Å²) in [6, 6.07) is 0. The monoisotopic (exact) mass is 771 g/mol. The number of rotatable bonds is 41. The molecule has 6 nitrogen and oxygen atoms in total. The predicted molar refractivity (Wildman–Crippen MR) is 233 cm³/mol. The molecule has 0 amide bonds. The van der Waals surface area contributed by atoms with Crippen molar-refractivity contribution in [2.45, 2.75) is 232 Å². The fraction of sp³-hybridized carbons (Fsp3) is 0.776. The van der Waals surface area contributed by atoms with Crippen LogP contribution >= 0.6 is 0 Å². The number of allylic oxidation sites excluding steroid dienone is 8. The highest BCUT2D eigenvalue weighted by atomic mass is 16.6. The number of ether oxygens (including phenoxy) is 3. The van der Waals surface area contributed by atoms with Crippen molar-refractivity contribution < 1.29 is 28.6 Å². The smallest absolute Gasteiger partial charge is 0.306 e. The summed E-state index contributed by atoms with van der Waals surface area (Å²) in [6.45, 7) is 6.51. The third-order valence-corrected chi connectivity index (χ3v) is 9.80. The molecule has 0 bridgehead atoms. The van der Waals surface area contributed by atoms with Crippen LogP contribution in [0.1, 0.15) is 226 Å². The summed E-state index contributed by atoms with van der Waals surface area (Å²) in [5.41, 5.74) is 0. The Labute approximate surface area is 339 Å². The molecule has 0 aromatic rings. The molecule has 0 heterocycles. The van der Waals surface area contributed by atoms with Crippen molar-refractivity contribution in [2.75, 3.05) is 13.2 Å². The summed E-state index contributed by atoms with van der Waals surface area (Å²) in [4.78, 5) is 37.7. The van der Waals surface area contributed by atoms with Crippen LogP contribution in [-0.4, -0.2) is 37.2 Å². The molecule has 0 rings (SSSR count). The second kappa shape index (κ2) is 44.1. The quantitative estimate of drug-likeness (QED) is 0.0202. The molecule has 6 heteroatoms. The third kappa shape index (κ3) is 42.4. The summed E-state index contributed by atoms with van der Waals surface area (Å²) in [7, 11) is 0.